The molecule has 18 heteroatoms. The molecule has 1 aromatic carbocycles. The minimum Gasteiger partial charge on any atom is -0.508 e. The number of hydrogen-bond donors (Lipinski definition) is 5. The summed E-state index contributed by atoms with van der Waals surface area (Å²) < 4.78 is 27.7. The Morgan fingerprint density at radius 3 is 2.15 bits per heavy atom. The number of hydrazine groups is 1. The molecule has 4 atom stereocenters. The van der Waals surface area contributed by atoms with E-state index in [1.807, 2.05) is 11.8 Å². The Kier molecular flexibility index (Phi) is 30.0. The summed E-state index contributed by atoms with van der Waals surface area (Å²) in [7, 11) is 0. The molecule has 1 heterocycles. The van der Waals surface area contributed by atoms with Crippen molar-refractivity contribution in [1.82, 2.24) is 31.4 Å². The molecule has 66 heavy (non-hydrogen) atoms. The van der Waals surface area contributed by atoms with E-state index in [0.717, 1.165) is 31.2 Å². The molecule has 0 bridgehead atoms. The summed E-state index contributed by atoms with van der Waals surface area (Å²) in [6.45, 7) is 15.4. The van der Waals surface area contributed by atoms with Crippen LogP contribution in [0.25, 0.3) is 0 Å². The summed E-state index contributed by atoms with van der Waals surface area (Å²) in [5, 5.41) is 18.0. The maximum absolute atomic E-state index is 13.8. The zero-order valence-electron chi connectivity index (χ0n) is 40.0. The van der Waals surface area contributed by atoms with E-state index in [9.17, 15) is 29.1 Å². The Bertz CT molecular complexity index is 1740. The molecule has 0 fully saturated rings. The average molecular weight is 945 g/mol. The number of phenolic OH excluding ortho intramolecular Hbond substituents is 1. The average Bonchev–Trinajstić information content (AvgIpc) is 3.80. The van der Waals surface area contributed by atoms with Crippen molar-refractivity contribution in [2.75, 3.05) is 65.9 Å². The molecule has 370 valence electrons. The zero-order valence-corrected chi connectivity index (χ0v) is 40.8. The van der Waals surface area contributed by atoms with E-state index < -0.39 is 36.0 Å². The molecule has 5 amide bonds. The van der Waals surface area contributed by atoms with Gasteiger partial charge >= 0.3 is 6.09 Å². The second-order valence-corrected chi connectivity index (χ2v) is 17.2. The van der Waals surface area contributed by atoms with Gasteiger partial charge in [-0.2, -0.15) is 0 Å². The number of carbonyl (C=O) groups excluding carboxylic acids is 5. The van der Waals surface area contributed by atoms with Crippen molar-refractivity contribution in [3.8, 4) is 18.1 Å². The summed E-state index contributed by atoms with van der Waals surface area (Å²) in [6.07, 6.45) is 10.5. The third kappa shape index (κ3) is 24.1. The molecule has 0 aliphatic carbocycles. The molecule has 5 N–H and O–H groups in total. The fourth-order valence-corrected chi connectivity index (χ4v) is 7.68. The van der Waals surface area contributed by atoms with E-state index in [4.69, 9.17) is 35.1 Å². The van der Waals surface area contributed by atoms with Crippen molar-refractivity contribution in [2.45, 2.75) is 130 Å². The monoisotopic (exact) mass is 945 g/mol. The van der Waals surface area contributed by atoms with E-state index >= 15 is 0 Å². The van der Waals surface area contributed by atoms with Crippen molar-refractivity contribution in [3.05, 3.63) is 45.9 Å². The van der Waals surface area contributed by atoms with Gasteiger partial charge in [-0.25, -0.2) is 15.2 Å². The Morgan fingerprint density at radius 2 is 1.52 bits per heavy atom. The van der Waals surface area contributed by atoms with Gasteiger partial charge in [0.15, 0.2) is 0 Å². The first-order chi connectivity index (χ1) is 31.8. The maximum atomic E-state index is 13.8. The molecule has 2 aromatic rings. The zero-order chi connectivity index (χ0) is 48.5. The highest BCUT2D eigenvalue weighted by molar-refractivity contribution is 7.09. The van der Waals surface area contributed by atoms with Crippen molar-refractivity contribution in [3.63, 3.8) is 0 Å². The smallest absolute Gasteiger partial charge is 0.426 e. The topological polar surface area (TPSA) is 216 Å². The molecule has 2 rings (SSSR count). The number of amides is 5. The van der Waals surface area contributed by atoms with Crippen molar-refractivity contribution < 1.29 is 52.8 Å². The second-order valence-electron chi connectivity index (χ2n) is 16.3. The van der Waals surface area contributed by atoms with Crippen LogP contribution in [-0.2, 0) is 44.5 Å². The number of ether oxygens (including phenoxy) is 5. The van der Waals surface area contributed by atoms with Crippen LogP contribution in [0.15, 0.2) is 29.6 Å². The predicted molar refractivity (Wildman–Crippen MR) is 253 cm³/mol. The number of hydrogen-bond acceptors (Lipinski definition) is 13. The first kappa shape index (κ1) is 57.3. The highest BCUT2D eigenvalue weighted by Crippen LogP contribution is 2.31. The van der Waals surface area contributed by atoms with E-state index in [1.165, 1.54) is 11.3 Å². The van der Waals surface area contributed by atoms with Crippen LogP contribution < -0.4 is 21.5 Å². The van der Waals surface area contributed by atoms with Crippen LogP contribution >= 0.6 is 11.3 Å². The molecule has 0 aliphatic heterocycles. The van der Waals surface area contributed by atoms with Gasteiger partial charge in [-0.15, -0.1) is 23.7 Å². The van der Waals surface area contributed by atoms with Gasteiger partial charge in [-0.3, -0.25) is 24.6 Å². The van der Waals surface area contributed by atoms with E-state index in [0.29, 0.717) is 89.7 Å². The van der Waals surface area contributed by atoms with Crippen LogP contribution in [-0.4, -0.2) is 123 Å². The minimum absolute atomic E-state index is 0.0553. The molecule has 0 saturated carbocycles. The number of phenols is 1. The summed E-state index contributed by atoms with van der Waals surface area (Å²) in [4.78, 5) is 71.0. The summed E-state index contributed by atoms with van der Waals surface area (Å²) >= 11 is 1.34. The number of nitrogens with zero attached hydrogens (tertiary/aromatic N) is 2. The Morgan fingerprint density at radius 1 is 0.833 bits per heavy atom. The standard InChI is InChI=1S/C48H76N6O11S/c1-8-12-14-15-43(56)49-21-24-61-25-26-62-27-28-63-29-30-65-48(60)53-52-45(58)36(7)31-38(32-37-17-19-39(55)20-18-37)50-46(59)40-34-66-47(51-40)42(64-23-11-4)33-41(35(5)6)54(22-10-3)44(57)16-13-9-2/h1,17-20,34-36,38,41-42,55H,9-16,21-33H2,2-7H3,(H,49,56)(H,50,59)(H,52,58)(H,53,60)/t36-,38?,41?,42?/m0/s1. The number of benzene rings is 1. The molecule has 0 saturated heterocycles. The van der Waals surface area contributed by atoms with Gasteiger partial charge < -0.3 is 44.3 Å². The molecule has 3 unspecified atom stereocenters. The lowest BCUT2D eigenvalue weighted by Crippen LogP contribution is -2.46. The first-order valence-electron chi connectivity index (χ1n) is 23.4. The van der Waals surface area contributed by atoms with Gasteiger partial charge in [0.25, 0.3) is 5.91 Å². The fraction of sp³-hybridized carbons (Fsp3) is 0.667. The SMILES string of the molecule is C#CCCCC(=O)NCCOCCOCCOCCOC(=O)NNC(=O)[C@@H](C)CC(Cc1ccc(O)cc1)NC(=O)c1csc(C(CC(C(C)C)N(CCC)C(=O)CCCC)OCCC)n1. The van der Waals surface area contributed by atoms with Crippen LogP contribution in [0.1, 0.15) is 133 Å². The van der Waals surface area contributed by atoms with Crippen molar-refractivity contribution >= 4 is 41.1 Å². The maximum Gasteiger partial charge on any atom is 0.426 e. The number of rotatable bonds is 35. The largest absolute Gasteiger partial charge is 0.508 e. The molecule has 17 nitrogen and oxygen atoms in total. The van der Waals surface area contributed by atoms with Crippen molar-refractivity contribution in [1.29, 1.82) is 0 Å². The second kappa shape index (κ2) is 34.5. The third-order valence-corrected chi connectivity index (χ3v) is 11.3. The molecule has 0 radical (unpaired) electrons. The lowest BCUT2D eigenvalue weighted by atomic mass is 9.95. The summed E-state index contributed by atoms with van der Waals surface area (Å²) in [5.74, 6) is 1.30. The molecule has 0 spiro atoms. The van der Waals surface area contributed by atoms with Crippen LogP contribution in [0.3, 0.4) is 0 Å². The number of nitrogens with one attached hydrogen (secondary N) is 4. The van der Waals surface area contributed by atoms with Crippen LogP contribution in [0.5, 0.6) is 5.75 Å². The first-order valence-corrected chi connectivity index (χ1v) is 24.3. The van der Waals surface area contributed by atoms with Gasteiger partial charge in [0.05, 0.1) is 39.6 Å². The Labute approximate surface area is 396 Å². The molecular weight excluding hydrogens is 869 g/mol. The lowest BCUT2D eigenvalue weighted by molar-refractivity contribution is -0.136. The Hall–Kier alpha value is -4.80. The van der Waals surface area contributed by atoms with Gasteiger partial charge in [-0.1, -0.05) is 60.1 Å². The number of carbonyl (C=O) groups is 5. The van der Waals surface area contributed by atoms with Gasteiger partial charge in [0, 0.05) is 68.8 Å². The third-order valence-electron chi connectivity index (χ3n) is 10.3. The lowest BCUT2D eigenvalue weighted by Gasteiger charge is -2.36. The number of terminal acetylenes is 1. The van der Waals surface area contributed by atoms with Gasteiger partial charge in [-0.05, 0) is 62.1 Å². The summed E-state index contributed by atoms with van der Waals surface area (Å²) in [5.41, 5.74) is 5.68. The number of aromatic nitrogens is 1. The number of thiazole rings is 1. The van der Waals surface area contributed by atoms with Crippen LogP contribution in [0.2, 0.25) is 0 Å². The molecular formula is C48H76N6O11S. The highest BCUT2D eigenvalue weighted by Gasteiger charge is 2.31. The minimum atomic E-state index is -0.869. The fourth-order valence-electron chi connectivity index (χ4n) is 6.82. The van der Waals surface area contributed by atoms with Gasteiger partial charge in [0.2, 0.25) is 17.7 Å². The predicted octanol–water partition coefficient (Wildman–Crippen LogP) is 6.25. The quantitative estimate of drug-likeness (QED) is 0.0295. The van der Waals surface area contributed by atoms with E-state index in [2.05, 4.69) is 55.1 Å². The molecule has 0 aliphatic rings. The van der Waals surface area contributed by atoms with Crippen LogP contribution in [0, 0.1) is 24.2 Å². The summed E-state index contributed by atoms with van der Waals surface area (Å²) in [6, 6.07) is 6.01. The van der Waals surface area contributed by atoms with Gasteiger partial charge in [0.1, 0.15) is 29.2 Å². The number of unbranched alkanes of at least 4 members (excludes halogenated alkanes) is 2. The van der Waals surface area contributed by atoms with Crippen LogP contribution in [0.4, 0.5) is 4.79 Å². The van der Waals surface area contributed by atoms with E-state index in [1.54, 1.807) is 36.6 Å². The number of aromatic hydroxyl groups is 1. The van der Waals surface area contributed by atoms with E-state index in [-0.39, 0.29) is 61.5 Å². The normalized spacial score (nSPS) is 12.9. The highest BCUT2D eigenvalue weighted by atomic mass is 32.1. The Balaban J connectivity index is 1.90. The molecule has 1 aromatic heterocycles. The van der Waals surface area contributed by atoms with Crippen molar-refractivity contribution in [2.24, 2.45) is 11.8 Å².